The predicted molar refractivity (Wildman–Crippen MR) is 121 cm³/mol. The number of nitrogens with one attached hydrogen (secondary N) is 2. The highest BCUT2D eigenvalue weighted by Crippen LogP contribution is 2.37. The van der Waals surface area contributed by atoms with E-state index in [4.69, 9.17) is 5.21 Å². The minimum absolute atomic E-state index is 0.0825. The molecule has 32 heavy (non-hydrogen) atoms. The van der Waals surface area contributed by atoms with Crippen molar-refractivity contribution in [3.8, 4) is 6.07 Å². The smallest absolute Gasteiger partial charge is 0.243 e. The molecule has 1 heterocycles. The quantitative estimate of drug-likeness (QED) is 0.307. The van der Waals surface area contributed by atoms with Crippen molar-refractivity contribution in [3.63, 3.8) is 0 Å². The van der Waals surface area contributed by atoms with E-state index in [9.17, 15) is 15.2 Å². The number of nitriles is 1. The molecule has 7 heteroatoms. The van der Waals surface area contributed by atoms with Crippen LogP contribution in [0.3, 0.4) is 0 Å². The van der Waals surface area contributed by atoms with Gasteiger partial charge in [-0.05, 0) is 60.1 Å². The normalized spacial score (nSPS) is 15.1. The van der Waals surface area contributed by atoms with Crippen molar-refractivity contribution >= 4 is 16.8 Å². The third kappa shape index (κ3) is 4.53. The van der Waals surface area contributed by atoms with Crippen molar-refractivity contribution in [1.82, 2.24) is 15.4 Å². The number of aromatic nitrogens is 1. The van der Waals surface area contributed by atoms with E-state index in [1.165, 1.54) is 16.5 Å². The third-order valence-corrected chi connectivity index (χ3v) is 6.45. The number of hydrogen-bond donors (Lipinski definition) is 4. The molecule has 7 nitrogen and oxygen atoms in total. The van der Waals surface area contributed by atoms with Crippen LogP contribution in [-0.4, -0.2) is 45.8 Å². The van der Waals surface area contributed by atoms with Crippen LogP contribution in [0.4, 0.5) is 0 Å². The molecule has 0 fully saturated rings. The van der Waals surface area contributed by atoms with E-state index in [1.54, 1.807) is 5.48 Å². The minimum atomic E-state index is -0.460. The van der Waals surface area contributed by atoms with Crippen molar-refractivity contribution in [2.24, 2.45) is 0 Å². The van der Waals surface area contributed by atoms with Crippen LogP contribution in [0.2, 0.25) is 0 Å². The Labute approximate surface area is 187 Å². The Morgan fingerprint density at radius 1 is 1.22 bits per heavy atom. The topological polar surface area (TPSA) is 112 Å². The number of hydrogen-bond acceptors (Lipinski definition) is 5. The van der Waals surface area contributed by atoms with Crippen molar-refractivity contribution < 1.29 is 15.1 Å². The number of aromatic amines is 1. The van der Waals surface area contributed by atoms with Crippen LogP contribution in [0.25, 0.3) is 10.9 Å². The maximum Gasteiger partial charge on any atom is 0.243 e. The molecule has 0 radical (unpaired) electrons. The van der Waals surface area contributed by atoms with Crippen LogP contribution >= 0.6 is 0 Å². The lowest BCUT2D eigenvalue weighted by Gasteiger charge is -2.29. The zero-order chi connectivity index (χ0) is 22.5. The summed E-state index contributed by atoms with van der Waals surface area (Å²) in [7, 11) is 0. The number of aliphatic hydroxyl groups excluding tert-OH is 1. The second-order valence-corrected chi connectivity index (χ2v) is 8.28. The summed E-state index contributed by atoms with van der Waals surface area (Å²) in [6.45, 7) is 1.47. The van der Waals surface area contributed by atoms with Crippen LogP contribution in [0.15, 0.2) is 42.6 Å². The van der Waals surface area contributed by atoms with E-state index in [0.29, 0.717) is 18.5 Å². The SMILES string of the molecule is N#Cc1cc2c(cc1CCC(=O)NO)CCC2N(CCO)CCc1c[nH]c2ccccc12. The average molecular weight is 433 g/mol. The third-order valence-electron chi connectivity index (χ3n) is 6.45. The first-order valence-corrected chi connectivity index (χ1v) is 11.0. The summed E-state index contributed by atoms with van der Waals surface area (Å²) in [5, 5.41) is 29.3. The molecule has 0 saturated carbocycles. The number of aliphatic hydroxyl groups is 1. The number of para-hydroxylation sites is 1. The summed E-state index contributed by atoms with van der Waals surface area (Å²) in [6, 6.07) is 14.7. The Kier molecular flexibility index (Phi) is 6.86. The van der Waals surface area contributed by atoms with Gasteiger partial charge in [0.05, 0.1) is 18.2 Å². The fourth-order valence-electron chi connectivity index (χ4n) is 4.84. The van der Waals surface area contributed by atoms with E-state index in [0.717, 1.165) is 42.5 Å². The van der Waals surface area contributed by atoms with Gasteiger partial charge in [0.25, 0.3) is 0 Å². The Morgan fingerprint density at radius 3 is 2.84 bits per heavy atom. The largest absolute Gasteiger partial charge is 0.395 e. The molecule has 166 valence electrons. The second kappa shape index (κ2) is 9.96. The fourth-order valence-corrected chi connectivity index (χ4v) is 4.84. The standard InChI is InChI=1S/C25H28N4O3/c26-15-20-14-22-18(13-17(20)6-8-25(31)28-32)5-7-24(22)29(11-12-30)10-9-19-16-27-23-4-2-1-3-21(19)23/h1-4,13-14,16,24,27,30,32H,5-12H2,(H,28,31). The molecule has 3 aromatic rings. The molecular formula is C25H28N4O3. The molecule has 2 aromatic carbocycles. The number of hydroxylamine groups is 1. The van der Waals surface area contributed by atoms with E-state index in [2.05, 4.69) is 34.3 Å². The number of aryl methyl sites for hydroxylation is 2. The van der Waals surface area contributed by atoms with Crippen molar-refractivity contribution in [3.05, 3.63) is 70.4 Å². The number of carbonyl (C=O) groups is 1. The number of carbonyl (C=O) groups excluding carboxylic acids is 1. The predicted octanol–water partition coefficient (Wildman–Crippen LogP) is 3.00. The lowest BCUT2D eigenvalue weighted by molar-refractivity contribution is -0.129. The molecule has 0 aliphatic heterocycles. The summed E-state index contributed by atoms with van der Waals surface area (Å²) >= 11 is 0. The molecule has 1 unspecified atom stereocenters. The minimum Gasteiger partial charge on any atom is -0.395 e. The maximum absolute atomic E-state index is 11.4. The van der Waals surface area contributed by atoms with Gasteiger partial charge in [0.1, 0.15) is 0 Å². The summed E-state index contributed by atoms with van der Waals surface area (Å²) in [5.41, 5.74) is 7.78. The zero-order valence-corrected chi connectivity index (χ0v) is 18.0. The fraction of sp³-hybridized carbons (Fsp3) is 0.360. The van der Waals surface area contributed by atoms with Crippen LogP contribution in [0, 0.1) is 11.3 Å². The van der Waals surface area contributed by atoms with Crippen molar-refractivity contribution in [2.75, 3.05) is 19.7 Å². The summed E-state index contributed by atoms with van der Waals surface area (Å²) in [4.78, 5) is 17.0. The molecule has 1 aliphatic rings. The molecule has 0 bridgehead atoms. The van der Waals surface area contributed by atoms with Crippen LogP contribution < -0.4 is 5.48 Å². The molecule has 0 spiro atoms. The molecule has 1 aromatic heterocycles. The molecule has 1 atom stereocenters. The zero-order valence-electron chi connectivity index (χ0n) is 18.0. The first kappa shape index (κ1) is 22.0. The van der Waals surface area contributed by atoms with Gasteiger partial charge in [-0.1, -0.05) is 24.3 Å². The lowest BCUT2D eigenvalue weighted by Crippen LogP contribution is -2.32. The van der Waals surface area contributed by atoms with Gasteiger partial charge in [-0.15, -0.1) is 0 Å². The molecule has 1 aliphatic carbocycles. The van der Waals surface area contributed by atoms with Crippen LogP contribution in [0.5, 0.6) is 0 Å². The first-order valence-electron chi connectivity index (χ1n) is 11.0. The Morgan fingerprint density at radius 2 is 2.06 bits per heavy atom. The lowest BCUT2D eigenvalue weighted by atomic mass is 9.96. The Balaban J connectivity index is 1.53. The number of H-pyrrole nitrogens is 1. The number of nitrogens with zero attached hydrogens (tertiary/aromatic N) is 2. The Bertz CT molecular complexity index is 1150. The maximum atomic E-state index is 11.4. The monoisotopic (exact) mass is 432 g/mol. The summed E-state index contributed by atoms with van der Waals surface area (Å²) in [6.07, 6.45) is 5.32. The van der Waals surface area contributed by atoms with Gasteiger partial charge in [-0.2, -0.15) is 5.26 Å². The van der Waals surface area contributed by atoms with E-state index < -0.39 is 5.91 Å². The number of fused-ring (bicyclic) bond motifs is 2. The van der Waals surface area contributed by atoms with E-state index in [1.807, 2.05) is 24.3 Å². The highest BCUT2D eigenvalue weighted by molar-refractivity contribution is 5.83. The van der Waals surface area contributed by atoms with Gasteiger partial charge in [0, 0.05) is 42.7 Å². The van der Waals surface area contributed by atoms with Gasteiger partial charge in [0.2, 0.25) is 5.91 Å². The number of benzene rings is 2. The van der Waals surface area contributed by atoms with E-state index in [-0.39, 0.29) is 19.1 Å². The molecule has 0 saturated heterocycles. The summed E-state index contributed by atoms with van der Waals surface area (Å²) in [5.74, 6) is -0.460. The van der Waals surface area contributed by atoms with E-state index >= 15 is 0 Å². The van der Waals surface area contributed by atoms with Crippen LogP contribution in [-0.2, 0) is 24.1 Å². The van der Waals surface area contributed by atoms with Gasteiger partial charge >= 0.3 is 0 Å². The highest BCUT2D eigenvalue weighted by Gasteiger charge is 2.29. The molecular weight excluding hydrogens is 404 g/mol. The summed E-state index contributed by atoms with van der Waals surface area (Å²) < 4.78 is 0. The van der Waals surface area contributed by atoms with Crippen molar-refractivity contribution in [2.45, 2.75) is 38.1 Å². The highest BCUT2D eigenvalue weighted by atomic mass is 16.5. The van der Waals surface area contributed by atoms with Gasteiger partial charge in [-0.25, -0.2) is 5.48 Å². The van der Waals surface area contributed by atoms with Crippen molar-refractivity contribution in [1.29, 1.82) is 5.26 Å². The number of amides is 1. The Hall–Kier alpha value is -3.18. The molecule has 4 N–H and O–H groups in total. The van der Waals surface area contributed by atoms with Gasteiger partial charge in [-0.3, -0.25) is 14.9 Å². The molecule has 4 rings (SSSR count). The number of rotatable bonds is 9. The molecule has 1 amide bonds. The van der Waals surface area contributed by atoms with Gasteiger partial charge < -0.3 is 10.1 Å². The first-order chi connectivity index (χ1) is 15.6. The van der Waals surface area contributed by atoms with Gasteiger partial charge in [0.15, 0.2) is 0 Å². The average Bonchev–Trinajstić information content (AvgIpc) is 3.43. The second-order valence-electron chi connectivity index (χ2n) is 8.28. The van der Waals surface area contributed by atoms with Crippen LogP contribution in [0.1, 0.15) is 46.7 Å².